The fourth-order valence-corrected chi connectivity index (χ4v) is 3.10. The fraction of sp³-hybridized carbons (Fsp3) is 0.267. The highest BCUT2D eigenvalue weighted by Gasteiger charge is 2.16. The second-order valence-corrected chi connectivity index (χ2v) is 5.89. The molecule has 5 nitrogen and oxygen atoms in total. The summed E-state index contributed by atoms with van der Waals surface area (Å²) in [6, 6.07) is 8.32. The first kappa shape index (κ1) is 16.6. The lowest BCUT2D eigenvalue weighted by Gasteiger charge is -2.18. The van der Waals surface area contributed by atoms with Gasteiger partial charge in [-0.1, -0.05) is 23.7 Å². The van der Waals surface area contributed by atoms with Gasteiger partial charge in [0, 0.05) is 11.5 Å². The second kappa shape index (κ2) is 8.03. The molecule has 0 fully saturated rings. The second-order valence-electron chi connectivity index (χ2n) is 4.50. The molecule has 0 aliphatic rings. The number of urea groups is 1. The van der Waals surface area contributed by atoms with Crippen molar-refractivity contribution >= 4 is 34.7 Å². The Morgan fingerprint density at radius 1 is 1.41 bits per heavy atom. The molecule has 118 valence electrons. The SMILES string of the molecule is COc1c(Cl)cccc1NC(=O)NC(CCO)c1cccs1. The van der Waals surface area contributed by atoms with Crippen molar-refractivity contribution in [2.75, 3.05) is 19.0 Å². The molecular formula is C15H17ClN2O3S. The third-order valence-corrected chi connectivity index (χ3v) is 4.31. The summed E-state index contributed by atoms with van der Waals surface area (Å²) < 4.78 is 5.19. The van der Waals surface area contributed by atoms with Crippen LogP contribution in [0.25, 0.3) is 0 Å². The molecule has 1 aromatic heterocycles. The fourth-order valence-electron chi connectivity index (χ4n) is 2.04. The molecule has 1 unspecified atom stereocenters. The largest absolute Gasteiger partial charge is 0.493 e. The highest BCUT2D eigenvalue weighted by molar-refractivity contribution is 7.10. The van der Waals surface area contributed by atoms with Gasteiger partial charge in [0.1, 0.15) is 0 Å². The molecule has 0 saturated heterocycles. The summed E-state index contributed by atoms with van der Waals surface area (Å²) in [5.74, 6) is 0.411. The van der Waals surface area contributed by atoms with E-state index in [0.717, 1.165) is 4.88 Å². The minimum Gasteiger partial charge on any atom is -0.493 e. The third-order valence-electron chi connectivity index (χ3n) is 3.03. The van der Waals surface area contributed by atoms with Crippen molar-refractivity contribution in [3.05, 3.63) is 45.6 Å². The van der Waals surface area contributed by atoms with Crippen LogP contribution in [0.1, 0.15) is 17.3 Å². The van der Waals surface area contributed by atoms with Gasteiger partial charge in [-0.05, 0) is 30.0 Å². The predicted octanol–water partition coefficient (Wildman–Crippen LogP) is 3.66. The van der Waals surface area contributed by atoms with E-state index >= 15 is 0 Å². The molecule has 7 heteroatoms. The van der Waals surface area contributed by atoms with E-state index in [9.17, 15) is 4.79 Å². The van der Waals surface area contributed by atoms with E-state index in [1.54, 1.807) is 18.2 Å². The summed E-state index contributed by atoms with van der Waals surface area (Å²) in [7, 11) is 1.49. The minimum absolute atomic E-state index is 0.0106. The van der Waals surface area contributed by atoms with Gasteiger partial charge in [0.2, 0.25) is 0 Å². The van der Waals surface area contributed by atoms with Gasteiger partial charge in [-0.3, -0.25) is 0 Å². The molecular weight excluding hydrogens is 324 g/mol. The Morgan fingerprint density at radius 3 is 2.86 bits per heavy atom. The van der Waals surface area contributed by atoms with Crippen molar-refractivity contribution in [3.8, 4) is 5.75 Å². The van der Waals surface area contributed by atoms with E-state index in [4.69, 9.17) is 21.4 Å². The number of hydrogen-bond acceptors (Lipinski definition) is 4. The Kier molecular flexibility index (Phi) is 6.06. The number of nitrogens with one attached hydrogen (secondary N) is 2. The van der Waals surface area contributed by atoms with E-state index in [1.807, 2.05) is 17.5 Å². The minimum atomic E-state index is -0.382. The highest BCUT2D eigenvalue weighted by Crippen LogP contribution is 2.32. The van der Waals surface area contributed by atoms with Gasteiger partial charge in [0.05, 0.1) is 23.9 Å². The van der Waals surface area contributed by atoms with E-state index in [-0.39, 0.29) is 18.7 Å². The van der Waals surface area contributed by atoms with Gasteiger partial charge >= 0.3 is 6.03 Å². The Morgan fingerprint density at radius 2 is 2.23 bits per heavy atom. The van der Waals surface area contributed by atoms with Gasteiger partial charge in [-0.15, -0.1) is 11.3 Å². The van der Waals surface area contributed by atoms with E-state index < -0.39 is 0 Å². The summed E-state index contributed by atoms with van der Waals surface area (Å²) in [5, 5.41) is 17.1. The Labute approximate surface area is 137 Å². The zero-order valence-electron chi connectivity index (χ0n) is 12.0. The van der Waals surface area contributed by atoms with E-state index in [0.29, 0.717) is 22.9 Å². The standard InChI is InChI=1S/C15H17ClN2O3S/c1-21-14-10(16)4-2-5-12(14)18-15(20)17-11(7-8-19)13-6-3-9-22-13/h2-6,9,11,19H,7-8H2,1H3,(H2,17,18,20). The summed E-state index contributed by atoms with van der Waals surface area (Å²) in [6.07, 6.45) is 0.445. The normalized spacial score (nSPS) is 11.8. The average Bonchev–Trinajstić information content (AvgIpc) is 3.01. The van der Waals surface area contributed by atoms with Gasteiger partial charge < -0.3 is 20.5 Å². The zero-order valence-corrected chi connectivity index (χ0v) is 13.6. The van der Waals surface area contributed by atoms with Crippen LogP contribution in [0.2, 0.25) is 5.02 Å². The maximum Gasteiger partial charge on any atom is 0.319 e. The Bertz CT molecular complexity index is 619. The van der Waals surface area contributed by atoms with Crippen LogP contribution in [-0.4, -0.2) is 24.9 Å². The summed E-state index contributed by atoms with van der Waals surface area (Å²) in [6.45, 7) is -0.0106. The first-order valence-corrected chi connectivity index (χ1v) is 7.95. The van der Waals surface area contributed by atoms with E-state index in [2.05, 4.69) is 10.6 Å². The van der Waals surface area contributed by atoms with Crippen molar-refractivity contribution in [1.29, 1.82) is 0 Å². The molecule has 22 heavy (non-hydrogen) atoms. The number of carbonyl (C=O) groups excluding carboxylic acids is 1. The van der Waals surface area contributed by atoms with Crippen LogP contribution in [0.4, 0.5) is 10.5 Å². The van der Waals surface area contributed by atoms with E-state index in [1.165, 1.54) is 18.4 Å². The maximum atomic E-state index is 12.2. The highest BCUT2D eigenvalue weighted by atomic mass is 35.5. The Balaban J connectivity index is 2.07. The molecule has 0 saturated carbocycles. The van der Waals surface area contributed by atoms with Gasteiger partial charge in [0.15, 0.2) is 5.75 Å². The van der Waals surface area contributed by atoms with Gasteiger partial charge in [-0.25, -0.2) is 4.79 Å². The van der Waals surface area contributed by atoms with Gasteiger partial charge in [-0.2, -0.15) is 0 Å². The summed E-state index contributed by atoms with van der Waals surface area (Å²) >= 11 is 7.55. The number of para-hydroxylation sites is 1. The lowest BCUT2D eigenvalue weighted by molar-refractivity contribution is 0.239. The zero-order chi connectivity index (χ0) is 15.9. The van der Waals surface area contributed by atoms with Crippen LogP contribution >= 0.6 is 22.9 Å². The lowest BCUT2D eigenvalue weighted by atomic mass is 10.2. The monoisotopic (exact) mass is 340 g/mol. The number of amides is 2. The number of halogens is 1. The molecule has 2 aromatic rings. The number of thiophene rings is 1. The molecule has 1 atom stereocenters. The average molecular weight is 341 g/mol. The smallest absolute Gasteiger partial charge is 0.319 e. The van der Waals surface area contributed by atoms with Crippen molar-refractivity contribution in [1.82, 2.24) is 5.32 Å². The number of anilines is 1. The molecule has 0 aliphatic carbocycles. The number of hydrogen-bond donors (Lipinski definition) is 3. The van der Waals surface area contributed by atoms with Crippen LogP contribution in [0.5, 0.6) is 5.75 Å². The number of benzene rings is 1. The molecule has 0 bridgehead atoms. The molecule has 3 N–H and O–H groups in total. The summed E-state index contributed by atoms with van der Waals surface area (Å²) in [5.41, 5.74) is 0.487. The number of carbonyl (C=O) groups is 1. The van der Waals surface area contributed by atoms with Crippen molar-refractivity contribution in [2.24, 2.45) is 0 Å². The number of aliphatic hydroxyl groups excluding tert-OH is 1. The van der Waals surface area contributed by atoms with Gasteiger partial charge in [0.25, 0.3) is 0 Å². The third kappa shape index (κ3) is 4.13. The van der Waals surface area contributed by atoms with Crippen LogP contribution in [-0.2, 0) is 0 Å². The molecule has 2 rings (SSSR count). The molecule has 0 radical (unpaired) electrons. The predicted molar refractivity (Wildman–Crippen MR) is 88.9 cm³/mol. The number of aliphatic hydroxyl groups is 1. The van der Waals surface area contributed by atoms with Crippen LogP contribution in [0.15, 0.2) is 35.7 Å². The number of rotatable bonds is 6. The first-order chi connectivity index (χ1) is 10.7. The van der Waals surface area contributed by atoms with Crippen molar-refractivity contribution in [3.63, 3.8) is 0 Å². The number of ether oxygens (including phenoxy) is 1. The van der Waals surface area contributed by atoms with Crippen molar-refractivity contribution in [2.45, 2.75) is 12.5 Å². The topological polar surface area (TPSA) is 70.6 Å². The van der Waals surface area contributed by atoms with Crippen molar-refractivity contribution < 1.29 is 14.6 Å². The maximum absolute atomic E-state index is 12.2. The molecule has 2 amide bonds. The summed E-state index contributed by atoms with van der Waals surface area (Å²) in [4.78, 5) is 13.2. The molecule has 1 aromatic carbocycles. The van der Waals surface area contributed by atoms with Crippen LogP contribution in [0.3, 0.4) is 0 Å². The van der Waals surface area contributed by atoms with Crippen LogP contribution < -0.4 is 15.4 Å². The van der Waals surface area contributed by atoms with Crippen LogP contribution in [0, 0.1) is 0 Å². The number of methoxy groups -OCH3 is 1. The first-order valence-electron chi connectivity index (χ1n) is 6.70. The molecule has 0 spiro atoms. The molecule has 1 heterocycles. The quantitative estimate of drug-likeness (QED) is 0.751. The Hall–Kier alpha value is -1.76. The lowest BCUT2D eigenvalue weighted by Crippen LogP contribution is -2.32. The molecule has 0 aliphatic heterocycles.